The van der Waals surface area contributed by atoms with Gasteiger partial charge in [0.1, 0.15) is 0 Å². The highest BCUT2D eigenvalue weighted by molar-refractivity contribution is 5.55. The molecule has 1 saturated heterocycles. The zero-order valence-corrected chi connectivity index (χ0v) is 11.9. The normalized spacial score (nSPS) is 22.1. The van der Waals surface area contributed by atoms with Crippen molar-refractivity contribution in [2.75, 3.05) is 44.2 Å². The molecule has 0 spiro atoms. The highest BCUT2D eigenvalue weighted by atomic mass is 15.2. The van der Waals surface area contributed by atoms with Crippen molar-refractivity contribution in [2.24, 2.45) is 0 Å². The van der Waals surface area contributed by atoms with Crippen LogP contribution in [0, 0.1) is 0 Å². The molecule has 1 atom stereocenters. The molecule has 3 heteroatoms. The minimum absolute atomic E-state index is 0.647. The molecule has 0 saturated carbocycles. The van der Waals surface area contributed by atoms with Gasteiger partial charge in [-0.3, -0.25) is 4.90 Å². The molecule has 0 aliphatic carbocycles. The van der Waals surface area contributed by atoms with Crippen molar-refractivity contribution < 1.29 is 0 Å². The SMILES string of the molecule is CC(CN1CCCc2ccccc21)N1CCNCC1. The Kier molecular flexibility index (Phi) is 4.04. The maximum absolute atomic E-state index is 3.43. The highest BCUT2D eigenvalue weighted by Gasteiger charge is 2.22. The fraction of sp³-hybridized carbons (Fsp3) is 0.625. The minimum atomic E-state index is 0.647. The molecule has 1 fully saturated rings. The van der Waals surface area contributed by atoms with Crippen LogP contribution >= 0.6 is 0 Å². The zero-order chi connectivity index (χ0) is 13.1. The fourth-order valence-electron chi connectivity index (χ4n) is 3.36. The first-order valence-corrected chi connectivity index (χ1v) is 7.62. The maximum Gasteiger partial charge on any atom is 0.0399 e. The summed E-state index contributed by atoms with van der Waals surface area (Å²) in [6.45, 7) is 9.42. The van der Waals surface area contributed by atoms with Crippen molar-refractivity contribution in [1.29, 1.82) is 0 Å². The summed E-state index contributed by atoms with van der Waals surface area (Å²) >= 11 is 0. The zero-order valence-electron chi connectivity index (χ0n) is 11.9. The molecule has 2 aliphatic rings. The van der Waals surface area contributed by atoms with Crippen molar-refractivity contribution in [2.45, 2.75) is 25.8 Å². The number of hydrogen-bond donors (Lipinski definition) is 1. The lowest BCUT2D eigenvalue weighted by atomic mass is 10.0. The third-order valence-electron chi connectivity index (χ3n) is 4.47. The van der Waals surface area contributed by atoms with Crippen LogP contribution in [-0.4, -0.2) is 50.2 Å². The number of nitrogens with zero attached hydrogens (tertiary/aromatic N) is 2. The van der Waals surface area contributed by atoms with Crippen LogP contribution in [0.25, 0.3) is 0 Å². The molecule has 1 unspecified atom stereocenters. The van der Waals surface area contributed by atoms with Gasteiger partial charge in [0.15, 0.2) is 0 Å². The molecule has 104 valence electrons. The second-order valence-electron chi connectivity index (χ2n) is 5.81. The maximum atomic E-state index is 3.43. The van der Waals surface area contributed by atoms with E-state index >= 15 is 0 Å². The van der Waals surface area contributed by atoms with Crippen LogP contribution in [0.4, 0.5) is 5.69 Å². The van der Waals surface area contributed by atoms with E-state index in [0.717, 1.165) is 19.6 Å². The predicted octanol–water partition coefficient (Wildman–Crippen LogP) is 1.73. The van der Waals surface area contributed by atoms with E-state index in [9.17, 15) is 0 Å². The van der Waals surface area contributed by atoms with E-state index in [2.05, 4.69) is 46.3 Å². The van der Waals surface area contributed by atoms with Crippen molar-refractivity contribution in [3.8, 4) is 0 Å². The number of para-hydroxylation sites is 1. The summed E-state index contributed by atoms with van der Waals surface area (Å²) in [5, 5.41) is 3.43. The van der Waals surface area contributed by atoms with E-state index in [1.807, 2.05) is 0 Å². The van der Waals surface area contributed by atoms with Gasteiger partial charge in [-0.05, 0) is 31.4 Å². The Bertz CT molecular complexity index is 412. The van der Waals surface area contributed by atoms with E-state index in [4.69, 9.17) is 0 Å². The van der Waals surface area contributed by atoms with E-state index in [0.29, 0.717) is 6.04 Å². The van der Waals surface area contributed by atoms with Crippen LogP contribution in [0.2, 0.25) is 0 Å². The summed E-state index contributed by atoms with van der Waals surface area (Å²) in [6, 6.07) is 9.57. The second-order valence-corrected chi connectivity index (χ2v) is 5.81. The number of benzene rings is 1. The summed E-state index contributed by atoms with van der Waals surface area (Å²) in [6.07, 6.45) is 2.54. The third-order valence-corrected chi connectivity index (χ3v) is 4.47. The average molecular weight is 259 g/mol. The number of nitrogens with one attached hydrogen (secondary N) is 1. The molecule has 1 aromatic carbocycles. The first-order chi connectivity index (χ1) is 9.34. The second kappa shape index (κ2) is 5.93. The highest BCUT2D eigenvalue weighted by Crippen LogP contribution is 2.27. The van der Waals surface area contributed by atoms with E-state index in [1.54, 1.807) is 0 Å². The quantitative estimate of drug-likeness (QED) is 0.892. The van der Waals surface area contributed by atoms with Gasteiger partial charge in [0.2, 0.25) is 0 Å². The largest absolute Gasteiger partial charge is 0.370 e. The predicted molar refractivity (Wildman–Crippen MR) is 80.9 cm³/mol. The van der Waals surface area contributed by atoms with E-state index in [-0.39, 0.29) is 0 Å². The van der Waals surface area contributed by atoms with Gasteiger partial charge in [0.05, 0.1) is 0 Å². The standard InChI is InChI=1S/C16H25N3/c1-14(18-11-8-17-9-12-18)13-19-10-4-6-15-5-2-3-7-16(15)19/h2-3,5,7,14,17H,4,6,8-13H2,1H3. The van der Waals surface area contributed by atoms with Crippen LogP contribution < -0.4 is 10.2 Å². The number of rotatable bonds is 3. The van der Waals surface area contributed by atoms with Crippen LogP contribution in [0.3, 0.4) is 0 Å². The van der Waals surface area contributed by atoms with Gasteiger partial charge in [0.25, 0.3) is 0 Å². The monoisotopic (exact) mass is 259 g/mol. The van der Waals surface area contributed by atoms with Crippen LogP contribution in [0.5, 0.6) is 0 Å². The number of fused-ring (bicyclic) bond motifs is 1. The van der Waals surface area contributed by atoms with Gasteiger partial charge in [-0.2, -0.15) is 0 Å². The van der Waals surface area contributed by atoms with Crippen molar-refractivity contribution in [3.63, 3.8) is 0 Å². The number of hydrogen-bond acceptors (Lipinski definition) is 3. The smallest absolute Gasteiger partial charge is 0.0399 e. The molecule has 19 heavy (non-hydrogen) atoms. The molecule has 0 amide bonds. The van der Waals surface area contributed by atoms with Crippen molar-refractivity contribution in [1.82, 2.24) is 10.2 Å². The van der Waals surface area contributed by atoms with E-state index < -0.39 is 0 Å². The van der Waals surface area contributed by atoms with Crippen LogP contribution in [-0.2, 0) is 6.42 Å². The lowest BCUT2D eigenvalue weighted by molar-refractivity contribution is 0.186. The Hall–Kier alpha value is -1.06. The number of aryl methyl sites for hydroxylation is 1. The van der Waals surface area contributed by atoms with Crippen LogP contribution in [0.15, 0.2) is 24.3 Å². The fourth-order valence-corrected chi connectivity index (χ4v) is 3.36. The Labute approximate surface area is 116 Å². The summed E-state index contributed by atoms with van der Waals surface area (Å²) in [5.74, 6) is 0. The van der Waals surface area contributed by atoms with Gasteiger partial charge in [-0.15, -0.1) is 0 Å². The summed E-state index contributed by atoms with van der Waals surface area (Å²) < 4.78 is 0. The molecule has 2 aliphatic heterocycles. The molecule has 3 rings (SSSR count). The van der Waals surface area contributed by atoms with Gasteiger partial charge in [-0.1, -0.05) is 18.2 Å². The average Bonchev–Trinajstić information content (AvgIpc) is 2.48. The molecule has 1 N–H and O–H groups in total. The van der Waals surface area contributed by atoms with Crippen LogP contribution in [0.1, 0.15) is 18.9 Å². The van der Waals surface area contributed by atoms with Gasteiger partial charge >= 0.3 is 0 Å². The van der Waals surface area contributed by atoms with E-state index in [1.165, 1.54) is 43.7 Å². The Morgan fingerprint density at radius 1 is 1.16 bits per heavy atom. The summed E-state index contributed by atoms with van der Waals surface area (Å²) in [5.41, 5.74) is 3.00. The topological polar surface area (TPSA) is 18.5 Å². The van der Waals surface area contributed by atoms with Gasteiger partial charge in [-0.25, -0.2) is 0 Å². The summed E-state index contributed by atoms with van der Waals surface area (Å²) in [4.78, 5) is 5.21. The van der Waals surface area contributed by atoms with Gasteiger partial charge < -0.3 is 10.2 Å². The Balaban J connectivity index is 1.66. The minimum Gasteiger partial charge on any atom is -0.370 e. The number of anilines is 1. The lowest BCUT2D eigenvalue weighted by Crippen LogP contribution is -2.51. The van der Waals surface area contributed by atoms with Gasteiger partial charge in [0, 0.05) is 51.0 Å². The molecule has 0 bridgehead atoms. The molecule has 0 aromatic heterocycles. The summed E-state index contributed by atoms with van der Waals surface area (Å²) in [7, 11) is 0. The molecule has 0 radical (unpaired) electrons. The first kappa shape index (κ1) is 12.9. The lowest BCUT2D eigenvalue weighted by Gasteiger charge is -2.38. The Morgan fingerprint density at radius 3 is 2.79 bits per heavy atom. The molecule has 3 nitrogen and oxygen atoms in total. The van der Waals surface area contributed by atoms with Crippen molar-refractivity contribution >= 4 is 5.69 Å². The van der Waals surface area contributed by atoms with Crippen molar-refractivity contribution in [3.05, 3.63) is 29.8 Å². The molecule has 2 heterocycles. The molecule has 1 aromatic rings. The first-order valence-electron chi connectivity index (χ1n) is 7.62. The third kappa shape index (κ3) is 2.93. The Morgan fingerprint density at radius 2 is 1.95 bits per heavy atom. The number of piperazine rings is 1. The molecular weight excluding hydrogens is 234 g/mol. The molecular formula is C16H25N3.